The van der Waals surface area contributed by atoms with E-state index in [2.05, 4.69) is 19.9 Å². The zero-order valence-corrected chi connectivity index (χ0v) is 14.7. The fourth-order valence-electron chi connectivity index (χ4n) is 6.33. The quantitative estimate of drug-likeness (QED) is 0.825. The van der Waals surface area contributed by atoms with Crippen LogP contribution in [-0.2, 0) is 4.74 Å². The maximum absolute atomic E-state index is 9.96. The molecule has 6 atom stereocenters. The van der Waals surface area contributed by atoms with E-state index < -0.39 is 0 Å². The largest absolute Gasteiger partial charge is 0.508 e. The third-order valence-electron chi connectivity index (χ3n) is 7.75. The van der Waals surface area contributed by atoms with Gasteiger partial charge in [-0.3, -0.25) is 0 Å². The molecule has 4 rings (SSSR count). The maximum Gasteiger partial charge on any atom is 0.115 e. The second kappa shape index (κ2) is 5.51. The summed E-state index contributed by atoms with van der Waals surface area (Å²) in [6.45, 7) is 5.81. The van der Waals surface area contributed by atoms with Crippen molar-refractivity contribution >= 4 is 0 Å². The molecule has 1 aromatic carbocycles. The molecule has 0 saturated heterocycles. The Morgan fingerprint density at radius 3 is 2.83 bits per heavy atom. The van der Waals surface area contributed by atoms with Crippen molar-refractivity contribution in [2.24, 2.45) is 23.2 Å². The number of hydrogen-bond acceptors (Lipinski definition) is 2. The van der Waals surface area contributed by atoms with Crippen molar-refractivity contribution < 1.29 is 9.84 Å². The van der Waals surface area contributed by atoms with Crippen molar-refractivity contribution in [2.75, 3.05) is 13.7 Å². The van der Waals surface area contributed by atoms with Gasteiger partial charge in [0.15, 0.2) is 0 Å². The van der Waals surface area contributed by atoms with Crippen molar-refractivity contribution in [3.63, 3.8) is 0 Å². The number of benzene rings is 1. The van der Waals surface area contributed by atoms with Crippen molar-refractivity contribution in [3.05, 3.63) is 29.3 Å². The molecule has 2 heteroatoms. The minimum absolute atomic E-state index is 0.401. The predicted octanol–water partition coefficient (Wildman–Crippen LogP) is 5.07. The third kappa shape index (κ3) is 2.25. The van der Waals surface area contributed by atoms with Crippen LogP contribution in [-0.4, -0.2) is 18.8 Å². The Balaban J connectivity index is 1.74. The highest BCUT2D eigenvalue weighted by Gasteiger charge is 2.54. The van der Waals surface area contributed by atoms with E-state index >= 15 is 0 Å². The predicted molar refractivity (Wildman–Crippen MR) is 92.8 cm³/mol. The van der Waals surface area contributed by atoms with Crippen LogP contribution >= 0.6 is 0 Å². The molecule has 0 aromatic heterocycles. The molecule has 0 heterocycles. The number of fused-ring (bicyclic) bond motifs is 5. The fraction of sp³-hybridized carbons (Fsp3) is 0.714. The van der Waals surface area contributed by atoms with E-state index in [9.17, 15) is 5.11 Å². The normalized spacial score (nSPS) is 42.0. The number of hydrogen-bond donors (Lipinski definition) is 1. The van der Waals surface area contributed by atoms with Crippen molar-refractivity contribution in [3.8, 4) is 5.75 Å². The molecular formula is C21H30O2. The summed E-state index contributed by atoms with van der Waals surface area (Å²) in [4.78, 5) is 0. The molecule has 2 nitrogen and oxygen atoms in total. The lowest BCUT2D eigenvalue weighted by Gasteiger charge is -2.52. The second-order valence-corrected chi connectivity index (χ2v) is 8.60. The summed E-state index contributed by atoms with van der Waals surface area (Å²) in [7, 11) is 1.80. The first-order valence-electron chi connectivity index (χ1n) is 9.36. The van der Waals surface area contributed by atoms with E-state index in [0.717, 1.165) is 24.4 Å². The summed E-state index contributed by atoms with van der Waals surface area (Å²) in [5, 5.41) is 9.96. The van der Waals surface area contributed by atoms with Gasteiger partial charge in [-0.2, -0.15) is 0 Å². The molecule has 0 aliphatic heterocycles. The van der Waals surface area contributed by atoms with Gasteiger partial charge in [0.25, 0.3) is 0 Å². The van der Waals surface area contributed by atoms with Crippen LogP contribution in [0, 0.1) is 23.2 Å². The van der Waals surface area contributed by atoms with Crippen LogP contribution in [0.2, 0.25) is 0 Å². The average molecular weight is 314 g/mol. The average Bonchev–Trinajstić information content (AvgIpc) is 2.83. The van der Waals surface area contributed by atoms with E-state index in [1.165, 1.54) is 43.2 Å². The van der Waals surface area contributed by atoms with Gasteiger partial charge in [-0.15, -0.1) is 0 Å². The van der Waals surface area contributed by atoms with Gasteiger partial charge in [0, 0.05) is 13.0 Å². The number of methoxy groups -OCH3 is 1. The number of rotatable bonds is 2. The summed E-state index contributed by atoms with van der Waals surface area (Å²) in [6.07, 6.45) is 6.74. The highest BCUT2D eigenvalue weighted by molar-refractivity contribution is 5.42. The molecular weight excluding hydrogens is 284 g/mol. The van der Waals surface area contributed by atoms with E-state index in [1.54, 1.807) is 7.11 Å². The molecule has 2 fully saturated rings. The molecule has 1 aromatic rings. The number of ether oxygens (including phenoxy) is 1. The lowest BCUT2D eigenvalue weighted by molar-refractivity contribution is 0.0223. The van der Waals surface area contributed by atoms with Crippen LogP contribution in [0.15, 0.2) is 18.2 Å². The van der Waals surface area contributed by atoms with Crippen molar-refractivity contribution in [1.82, 2.24) is 0 Å². The van der Waals surface area contributed by atoms with Gasteiger partial charge in [-0.1, -0.05) is 19.9 Å². The summed E-state index contributed by atoms with van der Waals surface area (Å²) < 4.78 is 5.53. The minimum atomic E-state index is 0.401. The SMILES string of the molecule is COCC1CC2C(CCC3(C)C(C)CCC23)c2ccc(O)cc21. The zero-order chi connectivity index (χ0) is 16.2. The lowest BCUT2D eigenvalue weighted by atomic mass is 9.53. The van der Waals surface area contributed by atoms with E-state index in [1.807, 2.05) is 12.1 Å². The molecule has 0 spiro atoms. The van der Waals surface area contributed by atoms with Crippen LogP contribution in [0.1, 0.15) is 68.9 Å². The Morgan fingerprint density at radius 2 is 2.04 bits per heavy atom. The summed E-state index contributed by atoms with van der Waals surface area (Å²) in [5.74, 6) is 4.09. The first-order valence-corrected chi connectivity index (χ1v) is 9.36. The highest BCUT2D eigenvalue weighted by Crippen LogP contribution is 2.64. The Bertz CT molecular complexity index is 596. The summed E-state index contributed by atoms with van der Waals surface area (Å²) >= 11 is 0. The molecule has 0 radical (unpaired) electrons. The second-order valence-electron chi connectivity index (χ2n) is 8.60. The fourth-order valence-corrected chi connectivity index (χ4v) is 6.33. The monoisotopic (exact) mass is 314 g/mol. The Labute approximate surface area is 140 Å². The van der Waals surface area contributed by atoms with Gasteiger partial charge in [-0.25, -0.2) is 0 Å². The molecule has 0 amide bonds. The molecule has 126 valence electrons. The molecule has 6 unspecified atom stereocenters. The van der Waals surface area contributed by atoms with Gasteiger partial charge in [0.1, 0.15) is 5.75 Å². The van der Waals surface area contributed by atoms with Crippen molar-refractivity contribution in [1.29, 1.82) is 0 Å². The highest BCUT2D eigenvalue weighted by atomic mass is 16.5. The molecule has 3 aliphatic carbocycles. The zero-order valence-electron chi connectivity index (χ0n) is 14.7. The lowest BCUT2D eigenvalue weighted by Crippen LogP contribution is -2.42. The van der Waals surface area contributed by atoms with Gasteiger partial charge in [0.05, 0.1) is 6.61 Å². The van der Waals surface area contributed by atoms with Gasteiger partial charge >= 0.3 is 0 Å². The molecule has 0 bridgehead atoms. The van der Waals surface area contributed by atoms with Crippen LogP contribution in [0.5, 0.6) is 5.75 Å². The van der Waals surface area contributed by atoms with Gasteiger partial charge in [0.2, 0.25) is 0 Å². The molecule has 2 saturated carbocycles. The van der Waals surface area contributed by atoms with Crippen LogP contribution in [0.3, 0.4) is 0 Å². The smallest absolute Gasteiger partial charge is 0.115 e. The van der Waals surface area contributed by atoms with Crippen LogP contribution in [0.25, 0.3) is 0 Å². The first kappa shape index (κ1) is 15.5. The Kier molecular flexibility index (Phi) is 3.72. The molecule has 23 heavy (non-hydrogen) atoms. The minimum Gasteiger partial charge on any atom is -0.508 e. The maximum atomic E-state index is 9.96. The Morgan fingerprint density at radius 1 is 1.22 bits per heavy atom. The summed E-state index contributed by atoms with van der Waals surface area (Å²) in [5.41, 5.74) is 3.40. The third-order valence-corrected chi connectivity index (χ3v) is 7.75. The van der Waals surface area contributed by atoms with Crippen LogP contribution < -0.4 is 0 Å². The number of phenols is 1. The first-order chi connectivity index (χ1) is 11.0. The molecule has 3 aliphatic rings. The summed E-state index contributed by atoms with van der Waals surface area (Å²) in [6, 6.07) is 6.08. The van der Waals surface area contributed by atoms with Gasteiger partial charge < -0.3 is 9.84 Å². The van der Waals surface area contributed by atoms with Gasteiger partial charge in [-0.05, 0) is 84.5 Å². The number of phenolic OH excluding ortho intramolecular Hbond substituents is 1. The van der Waals surface area contributed by atoms with E-state index in [4.69, 9.17) is 4.74 Å². The number of aromatic hydroxyl groups is 1. The van der Waals surface area contributed by atoms with Crippen molar-refractivity contribution in [2.45, 2.75) is 57.8 Å². The topological polar surface area (TPSA) is 29.5 Å². The Hall–Kier alpha value is -1.02. The van der Waals surface area contributed by atoms with Crippen LogP contribution in [0.4, 0.5) is 0 Å². The van der Waals surface area contributed by atoms with E-state index in [-0.39, 0.29) is 0 Å². The standard InChI is InChI=1S/C21H30O2/c1-13-4-7-20-19-10-14(12-23-3)18-11-15(22)5-6-16(18)17(19)8-9-21(13,20)2/h5-6,11,13-14,17,19-20,22H,4,7-10,12H2,1-3H3. The van der Waals surface area contributed by atoms with E-state index in [0.29, 0.717) is 23.0 Å². The molecule has 1 N–H and O–H groups in total.